The largest absolute Gasteiger partial charge is 0.504 e. The molecule has 1 unspecified atom stereocenters. The zero-order valence-corrected chi connectivity index (χ0v) is 9.19. The van der Waals surface area contributed by atoms with Crippen LogP contribution in [-0.4, -0.2) is 35.0 Å². The van der Waals surface area contributed by atoms with Gasteiger partial charge in [0, 0.05) is 12.8 Å². The average molecular weight is 224 g/mol. The third kappa shape index (κ3) is 2.46. The molecule has 0 aliphatic carbocycles. The molecule has 4 heteroatoms. The second-order valence-corrected chi connectivity index (χ2v) is 4.43. The van der Waals surface area contributed by atoms with Crippen molar-refractivity contribution in [1.82, 2.24) is 0 Å². The molecule has 0 saturated carbocycles. The molecular weight excluding hydrogens is 206 g/mol. The summed E-state index contributed by atoms with van der Waals surface area (Å²) in [6, 6.07) is 4.48. The first-order valence-electron chi connectivity index (χ1n) is 5.70. The summed E-state index contributed by atoms with van der Waals surface area (Å²) in [7, 11) is 0. The molecule has 1 aromatic rings. The summed E-state index contributed by atoms with van der Waals surface area (Å²) in [6.07, 6.45) is 1.88. The van der Waals surface area contributed by atoms with Crippen molar-refractivity contribution in [2.75, 3.05) is 19.6 Å². The second-order valence-electron chi connectivity index (χ2n) is 4.43. The Balaban J connectivity index is 2.02. The number of aliphatic hydroxyl groups is 1. The van der Waals surface area contributed by atoms with Crippen LogP contribution >= 0.6 is 0 Å². The van der Waals surface area contributed by atoms with Crippen LogP contribution in [0.4, 0.5) is 0 Å². The van der Waals surface area contributed by atoms with E-state index in [0.29, 0.717) is 12.1 Å². The van der Waals surface area contributed by atoms with Crippen LogP contribution in [0.5, 0.6) is 11.5 Å². The smallest absolute Gasteiger partial charge is 0.157 e. The van der Waals surface area contributed by atoms with Gasteiger partial charge in [0.15, 0.2) is 11.5 Å². The van der Waals surface area contributed by atoms with E-state index in [-0.39, 0.29) is 11.5 Å². The van der Waals surface area contributed by atoms with E-state index in [2.05, 4.69) is 0 Å². The minimum absolute atomic E-state index is 0.149. The summed E-state index contributed by atoms with van der Waals surface area (Å²) in [5, 5.41) is 28.5. The van der Waals surface area contributed by atoms with Gasteiger partial charge in [-0.3, -0.25) is 0 Å². The highest BCUT2D eigenvalue weighted by Gasteiger charge is 2.20. The maximum atomic E-state index is 9.98. The van der Waals surface area contributed by atoms with Crippen LogP contribution in [0, 0.1) is 0 Å². The Bertz CT molecular complexity index is 361. The molecular formula is C12H18NO3+. The predicted molar refractivity (Wildman–Crippen MR) is 59.5 cm³/mol. The van der Waals surface area contributed by atoms with Gasteiger partial charge < -0.3 is 20.2 Å². The van der Waals surface area contributed by atoms with Crippen LogP contribution in [0.25, 0.3) is 0 Å². The van der Waals surface area contributed by atoms with Crippen molar-refractivity contribution in [1.29, 1.82) is 0 Å². The summed E-state index contributed by atoms with van der Waals surface area (Å²) in [5.41, 5.74) is 0.662. The van der Waals surface area contributed by atoms with E-state index in [1.807, 2.05) is 0 Å². The molecule has 1 aromatic carbocycles. The molecule has 4 nitrogen and oxygen atoms in total. The molecule has 1 aliphatic heterocycles. The number of likely N-dealkylation sites (tertiary alicyclic amines) is 1. The van der Waals surface area contributed by atoms with E-state index in [1.54, 1.807) is 6.07 Å². The van der Waals surface area contributed by atoms with Crippen molar-refractivity contribution in [3.05, 3.63) is 23.8 Å². The van der Waals surface area contributed by atoms with Gasteiger partial charge in [-0.25, -0.2) is 0 Å². The first kappa shape index (κ1) is 11.2. The first-order valence-corrected chi connectivity index (χ1v) is 5.70. The van der Waals surface area contributed by atoms with Crippen LogP contribution in [0.2, 0.25) is 0 Å². The lowest BCUT2D eigenvalue weighted by molar-refractivity contribution is -0.891. The minimum Gasteiger partial charge on any atom is -0.504 e. The molecule has 1 saturated heterocycles. The van der Waals surface area contributed by atoms with Crippen LogP contribution < -0.4 is 4.90 Å². The lowest BCUT2D eigenvalue weighted by atomic mass is 10.1. The van der Waals surface area contributed by atoms with Gasteiger partial charge in [-0.1, -0.05) is 6.07 Å². The minimum atomic E-state index is -0.570. The number of benzene rings is 1. The van der Waals surface area contributed by atoms with Gasteiger partial charge in [0.05, 0.1) is 13.1 Å². The number of phenolic OH excluding ortho intramolecular Hbond substituents is 2. The van der Waals surface area contributed by atoms with Crippen LogP contribution in [0.3, 0.4) is 0 Å². The molecule has 0 spiro atoms. The van der Waals surface area contributed by atoms with E-state index in [4.69, 9.17) is 0 Å². The number of quaternary nitrogens is 1. The average Bonchev–Trinajstić information content (AvgIpc) is 2.74. The molecule has 16 heavy (non-hydrogen) atoms. The maximum absolute atomic E-state index is 9.98. The van der Waals surface area contributed by atoms with Crippen molar-refractivity contribution in [2.45, 2.75) is 18.9 Å². The standard InChI is InChI=1S/C12H17NO3/c14-10-4-3-9(7-11(10)15)12(16)8-13-5-1-2-6-13/h3-4,7,12,14-16H,1-2,5-6,8H2/p+1. The fraction of sp³-hybridized carbons (Fsp3) is 0.500. The Morgan fingerprint density at radius 3 is 2.44 bits per heavy atom. The molecule has 0 amide bonds. The molecule has 4 N–H and O–H groups in total. The number of rotatable bonds is 3. The van der Waals surface area contributed by atoms with Crippen LogP contribution in [-0.2, 0) is 0 Å². The summed E-state index contributed by atoms with van der Waals surface area (Å²) in [5.74, 6) is -0.322. The normalized spacial score (nSPS) is 18.8. The molecule has 1 heterocycles. The Morgan fingerprint density at radius 2 is 1.81 bits per heavy atom. The summed E-state index contributed by atoms with van der Waals surface area (Å²) < 4.78 is 0. The number of hydrogen-bond acceptors (Lipinski definition) is 3. The molecule has 0 bridgehead atoms. The van der Waals surface area contributed by atoms with Crippen molar-refractivity contribution < 1.29 is 20.2 Å². The van der Waals surface area contributed by atoms with Gasteiger partial charge >= 0.3 is 0 Å². The van der Waals surface area contributed by atoms with E-state index in [9.17, 15) is 15.3 Å². The number of aliphatic hydroxyl groups excluding tert-OH is 1. The highest BCUT2D eigenvalue weighted by Crippen LogP contribution is 2.27. The van der Waals surface area contributed by atoms with Gasteiger partial charge in [0.2, 0.25) is 0 Å². The van der Waals surface area contributed by atoms with Gasteiger partial charge in [-0.15, -0.1) is 0 Å². The number of hydrogen-bond donors (Lipinski definition) is 4. The van der Waals surface area contributed by atoms with Gasteiger partial charge in [0.25, 0.3) is 0 Å². The topological polar surface area (TPSA) is 65.1 Å². The molecule has 88 valence electrons. The van der Waals surface area contributed by atoms with Crippen molar-refractivity contribution in [2.24, 2.45) is 0 Å². The SMILES string of the molecule is Oc1ccc(C(O)C[NH+]2CCCC2)cc1O. The lowest BCUT2D eigenvalue weighted by Crippen LogP contribution is -3.10. The Labute approximate surface area is 94.8 Å². The maximum Gasteiger partial charge on any atom is 0.157 e. The Kier molecular flexibility index (Phi) is 3.31. The van der Waals surface area contributed by atoms with Gasteiger partial charge in [-0.2, -0.15) is 0 Å². The van der Waals surface area contributed by atoms with Crippen LogP contribution in [0.15, 0.2) is 18.2 Å². The molecule has 1 atom stereocenters. The highest BCUT2D eigenvalue weighted by atomic mass is 16.3. The third-order valence-corrected chi connectivity index (χ3v) is 3.18. The second kappa shape index (κ2) is 4.72. The Hall–Kier alpha value is -1.26. The van der Waals surface area contributed by atoms with Gasteiger partial charge in [0.1, 0.15) is 12.6 Å². The fourth-order valence-electron chi connectivity index (χ4n) is 2.22. The monoisotopic (exact) mass is 224 g/mol. The number of nitrogens with one attached hydrogen (secondary N) is 1. The van der Waals surface area contributed by atoms with Gasteiger partial charge in [-0.05, 0) is 17.7 Å². The van der Waals surface area contributed by atoms with E-state index >= 15 is 0 Å². The van der Waals surface area contributed by atoms with Crippen molar-refractivity contribution in [3.8, 4) is 11.5 Å². The van der Waals surface area contributed by atoms with Crippen LogP contribution in [0.1, 0.15) is 24.5 Å². The van der Waals surface area contributed by atoms with Crippen molar-refractivity contribution >= 4 is 0 Å². The number of aromatic hydroxyl groups is 2. The summed E-state index contributed by atoms with van der Waals surface area (Å²) in [4.78, 5) is 1.40. The third-order valence-electron chi connectivity index (χ3n) is 3.18. The molecule has 1 fully saturated rings. The summed E-state index contributed by atoms with van der Waals surface area (Å²) >= 11 is 0. The zero-order valence-electron chi connectivity index (χ0n) is 9.19. The first-order chi connectivity index (χ1) is 7.66. The summed E-state index contributed by atoms with van der Waals surface area (Å²) in [6.45, 7) is 2.90. The van der Waals surface area contributed by atoms with E-state index in [1.165, 1.54) is 29.9 Å². The number of phenols is 2. The lowest BCUT2D eigenvalue weighted by Gasteiger charge is -2.17. The fourth-order valence-corrected chi connectivity index (χ4v) is 2.22. The highest BCUT2D eigenvalue weighted by molar-refractivity contribution is 5.41. The molecule has 0 aromatic heterocycles. The predicted octanol–water partition coefficient (Wildman–Crippen LogP) is -0.190. The van der Waals surface area contributed by atoms with E-state index < -0.39 is 6.10 Å². The van der Waals surface area contributed by atoms with E-state index in [0.717, 1.165) is 13.1 Å². The quantitative estimate of drug-likeness (QED) is 0.538. The molecule has 0 radical (unpaired) electrons. The molecule has 2 rings (SSSR count). The van der Waals surface area contributed by atoms with Crippen molar-refractivity contribution in [3.63, 3.8) is 0 Å². The Morgan fingerprint density at radius 1 is 1.12 bits per heavy atom. The zero-order chi connectivity index (χ0) is 11.5. The molecule has 1 aliphatic rings.